The Morgan fingerprint density at radius 2 is 1.96 bits per heavy atom. The summed E-state index contributed by atoms with van der Waals surface area (Å²) in [6.45, 7) is 2.23. The zero-order chi connectivity index (χ0) is 15.9. The van der Waals surface area contributed by atoms with E-state index in [0.717, 1.165) is 5.69 Å². The number of amides is 1. The number of anilines is 2. The first-order valence-corrected chi connectivity index (χ1v) is 7.01. The lowest BCUT2D eigenvalue weighted by atomic mass is 10.2. The third kappa shape index (κ3) is 5.56. The normalized spacial score (nSPS) is 10.6. The summed E-state index contributed by atoms with van der Waals surface area (Å²) in [4.78, 5) is 16.5. The molecule has 0 fully saturated rings. The zero-order valence-electron chi connectivity index (χ0n) is 13.5. The van der Waals surface area contributed by atoms with Crippen LogP contribution in [0.1, 0.15) is 17.3 Å². The van der Waals surface area contributed by atoms with E-state index < -0.39 is 0 Å². The number of nitrogens with zero attached hydrogens (tertiary/aromatic N) is 1. The Labute approximate surface area is 154 Å². The molecule has 0 radical (unpaired) electrons. The number of benzene rings is 1. The van der Waals surface area contributed by atoms with Gasteiger partial charge in [0.25, 0.3) is 5.91 Å². The molecule has 1 heterocycles. The number of carbonyl (C=O) groups excluding carboxylic acids is 1. The first-order chi connectivity index (χ1) is 10.7. The molecule has 24 heavy (non-hydrogen) atoms. The van der Waals surface area contributed by atoms with Gasteiger partial charge >= 0.3 is 0 Å². The van der Waals surface area contributed by atoms with E-state index >= 15 is 0 Å². The number of ether oxygens (including phenoxy) is 1. The second-order valence-electron chi connectivity index (χ2n) is 4.84. The zero-order valence-corrected chi connectivity index (χ0v) is 15.1. The smallest absolute Gasteiger partial charge is 0.255 e. The molecule has 0 aliphatic rings. The number of carbonyl (C=O) groups is 1. The molecule has 2 rings (SSSR count). The van der Waals surface area contributed by atoms with E-state index in [-0.39, 0.29) is 36.8 Å². The van der Waals surface area contributed by atoms with Gasteiger partial charge in [-0.15, -0.1) is 24.8 Å². The van der Waals surface area contributed by atoms with Crippen LogP contribution < -0.4 is 21.1 Å². The number of rotatable bonds is 6. The van der Waals surface area contributed by atoms with Crippen molar-refractivity contribution in [2.75, 3.05) is 19.0 Å². The van der Waals surface area contributed by atoms with Crippen LogP contribution in [-0.2, 0) is 0 Å². The van der Waals surface area contributed by atoms with Crippen molar-refractivity contribution in [2.24, 2.45) is 5.73 Å². The van der Waals surface area contributed by atoms with Gasteiger partial charge in [0.15, 0.2) is 0 Å². The van der Waals surface area contributed by atoms with E-state index in [2.05, 4.69) is 15.6 Å². The number of nitrogens with one attached hydrogen (secondary N) is 2. The summed E-state index contributed by atoms with van der Waals surface area (Å²) >= 11 is 0. The van der Waals surface area contributed by atoms with Gasteiger partial charge in [0.2, 0.25) is 0 Å². The van der Waals surface area contributed by atoms with Gasteiger partial charge < -0.3 is 21.1 Å². The van der Waals surface area contributed by atoms with Gasteiger partial charge in [0.05, 0.1) is 18.4 Å². The molecule has 0 aliphatic carbocycles. The number of hydrogen-bond donors (Lipinski definition) is 3. The molecule has 1 aromatic heterocycles. The molecular weight excluding hydrogens is 351 g/mol. The van der Waals surface area contributed by atoms with Crippen LogP contribution >= 0.6 is 24.8 Å². The standard InChI is InChI=1S/C16H20N4O2.2ClH/c1-11(10-17)19-16(21)12-6-5-9-18-15(12)20-13-7-3-4-8-14(13)22-2;;/h3-9,11H,10,17H2,1-2H3,(H,18,20)(H,19,21);2*1H/t11-;;/m0../s1. The van der Waals surface area contributed by atoms with Crippen LogP contribution in [-0.4, -0.2) is 30.6 Å². The Kier molecular flexibility index (Phi) is 9.80. The molecule has 0 aliphatic heterocycles. The maximum absolute atomic E-state index is 12.3. The minimum atomic E-state index is -0.219. The summed E-state index contributed by atoms with van der Waals surface area (Å²) in [5.41, 5.74) is 6.73. The van der Waals surface area contributed by atoms with Gasteiger partial charge in [-0.1, -0.05) is 12.1 Å². The summed E-state index contributed by atoms with van der Waals surface area (Å²) < 4.78 is 5.29. The van der Waals surface area contributed by atoms with E-state index in [0.29, 0.717) is 23.7 Å². The molecule has 0 saturated heterocycles. The topological polar surface area (TPSA) is 89.3 Å². The maximum Gasteiger partial charge on any atom is 0.255 e. The molecule has 6 nitrogen and oxygen atoms in total. The van der Waals surface area contributed by atoms with E-state index in [1.807, 2.05) is 31.2 Å². The van der Waals surface area contributed by atoms with Crippen LogP contribution in [0.5, 0.6) is 5.75 Å². The van der Waals surface area contributed by atoms with Crippen molar-refractivity contribution in [1.82, 2.24) is 10.3 Å². The lowest BCUT2D eigenvalue weighted by molar-refractivity contribution is 0.0942. The fraction of sp³-hybridized carbons (Fsp3) is 0.250. The summed E-state index contributed by atoms with van der Waals surface area (Å²) in [7, 11) is 1.59. The fourth-order valence-electron chi connectivity index (χ4n) is 1.92. The van der Waals surface area contributed by atoms with Crippen LogP contribution in [0.2, 0.25) is 0 Å². The first-order valence-electron chi connectivity index (χ1n) is 7.01. The van der Waals surface area contributed by atoms with E-state index in [4.69, 9.17) is 10.5 Å². The Balaban J connectivity index is 0.00000264. The molecule has 0 spiro atoms. The molecule has 0 bridgehead atoms. The lowest BCUT2D eigenvalue weighted by Crippen LogP contribution is -2.38. The number of para-hydroxylation sites is 2. The first kappa shape index (κ1) is 22.0. The molecule has 4 N–H and O–H groups in total. The van der Waals surface area contributed by atoms with Gasteiger partial charge in [-0.25, -0.2) is 4.98 Å². The number of aromatic nitrogens is 1. The summed E-state index contributed by atoms with van der Waals surface area (Å²) in [6.07, 6.45) is 1.63. The Morgan fingerprint density at radius 3 is 2.62 bits per heavy atom. The highest BCUT2D eigenvalue weighted by Gasteiger charge is 2.15. The highest BCUT2D eigenvalue weighted by Crippen LogP contribution is 2.27. The third-order valence-corrected chi connectivity index (χ3v) is 3.14. The molecule has 132 valence electrons. The van der Waals surface area contributed by atoms with Gasteiger partial charge in [-0.05, 0) is 31.2 Å². The van der Waals surface area contributed by atoms with Gasteiger partial charge in [-0.2, -0.15) is 0 Å². The van der Waals surface area contributed by atoms with Crippen molar-refractivity contribution in [2.45, 2.75) is 13.0 Å². The summed E-state index contributed by atoms with van der Waals surface area (Å²) in [6, 6.07) is 10.8. The van der Waals surface area contributed by atoms with Gasteiger partial charge in [0.1, 0.15) is 11.6 Å². The lowest BCUT2D eigenvalue weighted by Gasteiger charge is -2.15. The molecule has 1 amide bonds. The van der Waals surface area contributed by atoms with Gasteiger partial charge in [-0.3, -0.25) is 4.79 Å². The van der Waals surface area contributed by atoms with Crippen LogP contribution in [0, 0.1) is 0 Å². The number of methoxy groups -OCH3 is 1. The van der Waals surface area contributed by atoms with Crippen molar-refractivity contribution in [3.63, 3.8) is 0 Å². The number of nitrogens with two attached hydrogens (primary N) is 1. The average molecular weight is 373 g/mol. The summed E-state index contributed by atoms with van der Waals surface area (Å²) in [5.74, 6) is 0.923. The van der Waals surface area contributed by atoms with Crippen molar-refractivity contribution >= 4 is 42.2 Å². The van der Waals surface area contributed by atoms with E-state index in [1.54, 1.807) is 25.4 Å². The Bertz CT molecular complexity index is 655. The predicted molar refractivity (Wildman–Crippen MR) is 101 cm³/mol. The second kappa shape index (κ2) is 10.7. The minimum absolute atomic E-state index is 0. The molecule has 1 aromatic carbocycles. The van der Waals surface area contributed by atoms with Crippen molar-refractivity contribution in [3.05, 3.63) is 48.2 Å². The van der Waals surface area contributed by atoms with E-state index in [1.165, 1.54) is 0 Å². The molecule has 8 heteroatoms. The van der Waals surface area contributed by atoms with Crippen LogP contribution in [0.15, 0.2) is 42.6 Å². The Morgan fingerprint density at radius 1 is 1.25 bits per heavy atom. The van der Waals surface area contributed by atoms with Crippen molar-refractivity contribution in [3.8, 4) is 5.75 Å². The third-order valence-electron chi connectivity index (χ3n) is 3.14. The van der Waals surface area contributed by atoms with Crippen molar-refractivity contribution < 1.29 is 9.53 Å². The maximum atomic E-state index is 12.3. The number of hydrogen-bond acceptors (Lipinski definition) is 5. The Hall–Kier alpha value is -2.02. The number of pyridine rings is 1. The van der Waals surface area contributed by atoms with Gasteiger partial charge in [0, 0.05) is 18.8 Å². The molecule has 1 atom stereocenters. The monoisotopic (exact) mass is 372 g/mol. The molecule has 0 unspecified atom stereocenters. The molecule has 0 saturated carbocycles. The largest absolute Gasteiger partial charge is 0.495 e. The molecular formula is C16H22Cl2N4O2. The van der Waals surface area contributed by atoms with Crippen LogP contribution in [0.25, 0.3) is 0 Å². The fourth-order valence-corrected chi connectivity index (χ4v) is 1.92. The predicted octanol–water partition coefficient (Wildman–Crippen LogP) is 2.75. The summed E-state index contributed by atoms with van der Waals surface area (Å²) in [5, 5.41) is 5.96. The van der Waals surface area contributed by atoms with Crippen LogP contribution in [0.4, 0.5) is 11.5 Å². The molecule has 2 aromatic rings. The number of halogens is 2. The average Bonchev–Trinajstić information content (AvgIpc) is 2.55. The highest BCUT2D eigenvalue weighted by atomic mass is 35.5. The minimum Gasteiger partial charge on any atom is -0.495 e. The van der Waals surface area contributed by atoms with Crippen molar-refractivity contribution in [1.29, 1.82) is 0 Å². The van der Waals surface area contributed by atoms with Crippen LogP contribution in [0.3, 0.4) is 0 Å². The highest BCUT2D eigenvalue weighted by molar-refractivity contribution is 5.99. The second-order valence-corrected chi connectivity index (χ2v) is 4.84. The SMILES string of the molecule is COc1ccccc1Nc1ncccc1C(=O)N[C@@H](C)CN.Cl.Cl. The van der Waals surface area contributed by atoms with E-state index in [9.17, 15) is 4.79 Å². The quantitative estimate of drug-likeness (QED) is 0.725.